The van der Waals surface area contributed by atoms with E-state index in [1.54, 1.807) is 0 Å². The van der Waals surface area contributed by atoms with Crippen molar-refractivity contribution in [2.45, 2.75) is 31.1 Å². The van der Waals surface area contributed by atoms with Crippen molar-refractivity contribution in [1.82, 2.24) is 20.1 Å². The van der Waals surface area contributed by atoms with Gasteiger partial charge < -0.3 is 10.6 Å². The van der Waals surface area contributed by atoms with Crippen LogP contribution in [0.15, 0.2) is 16.9 Å². The van der Waals surface area contributed by atoms with Gasteiger partial charge in [-0.25, -0.2) is 19.1 Å². The smallest absolute Gasteiger partial charge is 0.310 e. The van der Waals surface area contributed by atoms with Gasteiger partial charge in [-0.05, 0) is 36.6 Å². The Morgan fingerprint density at radius 3 is 2.62 bits per heavy atom. The van der Waals surface area contributed by atoms with Gasteiger partial charge in [0.05, 0.1) is 6.54 Å². The molecule has 2 aliphatic rings. The van der Waals surface area contributed by atoms with Gasteiger partial charge in [0.1, 0.15) is 5.82 Å². The van der Waals surface area contributed by atoms with Crippen LogP contribution in [0, 0.1) is 23.6 Å². The van der Waals surface area contributed by atoms with Crippen LogP contribution >= 0.6 is 11.6 Å². The zero-order valence-corrected chi connectivity index (χ0v) is 15.2. The lowest BCUT2D eigenvalue weighted by molar-refractivity contribution is -0.178. The van der Waals surface area contributed by atoms with E-state index < -0.39 is 41.4 Å². The molecule has 12 heteroatoms. The Morgan fingerprint density at radius 2 is 2.03 bits per heavy atom. The topological polar surface area (TPSA) is 91.8 Å². The Bertz CT molecular complexity index is 1130. The first-order chi connectivity index (χ1) is 13.6. The molecular formula is C17H12ClF4N5O2. The summed E-state index contributed by atoms with van der Waals surface area (Å²) in [6.45, 7) is -0.399. The molecule has 2 heterocycles. The number of nitrogens with zero attached hydrogens (tertiary/aromatic N) is 2. The van der Waals surface area contributed by atoms with Gasteiger partial charge in [0.15, 0.2) is 0 Å². The monoisotopic (exact) mass is 429 g/mol. The molecule has 0 radical (unpaired) electrons. The van der Waals surface area contributed by atoms with Crippen LogP contribution in [0.25, 0.3) is 0 Å². The molecule has 1 saturated carbocycles. The van der Waals surface area contributed by atoms with Crippen LogP contribution in [0.3, 0.4) is 0 Å². The van der Waals surface area contributed by atoms with E-state index in [9.17, 15) is 27.2 Å². The highest BCUT2D eigenvalue weighted by molar-refractivity contribution is 6.28. The molecule has 1 aliphatic carbocycles. The molecule has 4 rings (SSSR count). The Kier molecular flexibility index (Phi) is 4.34. The second-order valence-electron chi connectivity index (χ2n) is 6.74. The molecule has 1 fully saturated rings. The van der Waals surface area contributed by atoms with Gasteiger partial charge in [-0.2, -0.15) is 13.2 Å². The van der Waals surface area contributed by atoms with Gasteiger partial charge in [0.25, 0.3) is 0 Å². The lowest BCUT2D eigenvalue weighted by Crippen LogP contribution is -2.59. The number of anilines is 1. The summed E-state index contributed by atoms with van der Waals surface area (Å²) in [7, 11) is 0. The maximum Gasteiger partial charge on any atom is 0.427 e. The third-order valence-electron chi connectivity index (χ3n) is 4.65. The van der Waals surface area contributed by atoms with Gasteiger partial charge in [-0.3, -0.25) is 4.57 Å². The van der Waals surface area contributed by atoms with Crippen molar-refractivity contribution in [3.63, 3.8) is 0 Å². The molecule has 1 aromatic heterocycles. The van der Waals surface area contributed by atoms with Gasteiger partial charge in [-0.15, -0.1) is 5.10 Å². The quantitative estimate of drug-likeness (QED) is 0.506. The fourth-order valence-corrected chi connectivity index (χ4v) is 3.16. The molecule has 0 unspecified atom stereocenters. The summed E-state index contributed by atoms with van der Waals surface area (Å²) in [6, 6.07) is 0.555. The zero-order valence-electron chi connectivity index (χ0n) is 14.5. The van der Waals surface area contributed by atoms with Crippen molar-refractivity contribution in [2.24, 2.45) is 5.92 Å². The molecule has 0 bridgehead atoms. The van der Waals surface area contributed by atoms with Crippen LogP contribution < -0.4 is 16.3 Å². The Hall–Kier alpha value is -3.00. The first kappa shape index (κ1) is 19.3. The zero-order chi connectivity index (χ0) is 21.0. The summed E-state index contributed by atoms with van der Waals surface area (Å²) in [4.78, 5) is 23.7. The van der Waals surface area contributed by atoms with E-state index in [0.717, 1.165) is 10.6 Å². The number of benzene rings is 1. The van der Waals surface area contributed by atoms with Crippen LogP contribution in [0.5, 0.6) is 0 Å². The van der Waals surface area contributed by atoms with Gasteiger partial charge >= 0.3 is 17.9 Å². The number of fused-ring (bicyclic) bond motifs is 1. The van der Waals surface area contributed by atoms with Crippen molar-refractivity contribution in [3.05, 3.63) is 44.8 Å². The van der Waals surface area contributed by atoms with E-state index in [1.165, 1.54) is 0 Å². The second kappa shape index (κ2) is 6.52. The number of aromatic amines is 1. The molecule has 152 valence electrons. The second-order valence-corrected chi connectivity index (χ2v) is 7.08. The Labute approximate surface area is 165 Å². The molecule has 0 spiro atoms. The summed E-state index contributed by atoms with van der Waals surface area (Å²) in [5, 5.41) is 9.33. The standard InChI is InChI=1S/C17H12ClF4N5O2/c18-13-25-26-15(29)27(13)7-9-5-12-10(6-11(9)19)16(17(20,21)22,24-14(28)23-12)4-3-8-1-2-8/h5-6,8H,1-2,7H2,(H,26,29)(H2,23,24,28)/t16-/m0/s1. The van der Waals surface area contributed by atoms with E-state index >= 15 is 0 Å². The number of carbonyl (C=O) groups excluding carboxylic acids is 1. The number of halogens is 5. The average molecular weight is 430 g/mol. The number of aromatic nitrogens is 3. The molecule has 0 saturated heterocycles. The Balaban J connectivity index is 1.85. The summed E-state index contributed by atoms with van der Waals surface area (Å²) in [6.07, 6.45) is -3.65. The minimum Gasteiger partial charge on any atom is -0.310 e. The van der Waals surface area contributed by atoms with Crippen LogP contribution in [0.2, 0.25) is 5.28 Å². The largest absolute Gasteiger partial charge is 0.427 e. The van der Waals surface area contributed by atoms with Crippen LogP contribution in [0.4, 0.5) is 28.0 Å². The number of hydrogen-bond acceptors (Lipinski definition) is 3. The molecular weight excluding hydrogens is 418 g/mol. The lowest BCUT2D eigenvalue weighted by Gasteiger charge is -2.37. The lowest BCUT2D eigenvalue weighted by atomic mass is 9.85. The minimum absolute atomic E-state index is 0.164. The minimum atomic E-state index is -5.00. The normalized spacial score (nSPS) is 20.9. The molecule has 1 atom stereocenters. The van der Waals surface area contributed by atoms with E-state index in [4.69, 9.17) is 11.6 Å². The number of hydrogen-bond donors (Lipinski definition) is 3. The van der Waals surface area contributed by atoms with Gasteiger partial charge in [-0.1, -0.05) is 11.8 Å². The third-order valence-corrected chi connectivity index (χ3v) is 4.93. The molecule has 1 aromatic carbocycles. The first-order valence-corrected chi connectivity index (χ1v) is 8.81. The van der Waals surface area contributed by atoms with E-state index in [-0.39, 0.29) is 22.5 Å². The van der Waals surface area contributed by atoms with E-state index in [1.807, 2.05) is 5.32 Å². The number of amides is 2. The Morgan fingerprint density at radius 1 is 1.31 bits per heavy atom. The fraction of sp³-hybridized carbons (Fsp3) is 0.353. The number of H-pyrrole nitrogens is 1. The summed E-state index contributed by atoms with van der Waals surface area (Å²) in [5.41, 5.74) is -4.76. The highest BCUT2D eigenvalue weighted by Crippen LogP contribution is 2.45. The summed E-state index contributed by atoms with van der Waals surface area (Å²) < 4.78 is 57.7. The predicted octanol–water partition coefficient (Wildman–Crippen LogP) is 2.72. The van der Waals surface area contributed by atoms with Gasteiger partial charge in [0.2, 0.25) is 10.8 Å². The van der Waals surface area contributed by atoms with E-state index in [2.05, 4.69) is 27.4 Å². The number of alkyl halides is 3. The van der Waals surface area contributed by atoms with Crippen LogP contribution in [0.1, 0.15) is 24.0 Å². The van der Waals surface area contributed by atoms with Crippen LogP contribution in [-0.4, -0.2) is 27.0 Å². The van der Waals surface area contributed by atoms with Crippen molar-refractivity contribution < 1.29 is 22.4 Å². The predicted molar refractivity (Wildman–Crippen MR) is 93.7 cm³/mol. The maximum atomic E-state index is 14.7. The molecule has 2 amide bonds. The molecule has 1 aliphatic heterocycles. The molecule has 29 heavy (non-hydrogen) atoms. The third kappa shape index (κ3) is 3.33. The number of nitrogens with one attached hydrogen (secondary N) is 3. The number of urea groups is 1. The first-order valence-electron chi connectivity index (χ1n) is 8.43. The van der Waals surface area contributed by atoms with E-state index in [0.29, 0.717) is 18.9 Å². The van der Waals surface area contributed by atoms with Crippen molar-refractivity contribution in [3.8, 4) is 11.8 Å². The average Bonchev–Trinajstić information content (AvgIpc) is 3.41. The summed E-state index contributed by atoms with van der Waals surface area (Å²) in [5.74, 6) is 3.44. The van der Waals surface area contributed by atoms with Crippen molar-refractivity contribution >= 4 is 23.3 Å². The van der Waals surface area contributed by atoms with Crippen LogP contribution in [-0.2, 0) is 12.1 Å². The maximum absolute atomic E-state index is 14.7. The van der Waals surface area contributed by atoms with Gasteiger partial charge in [0, 0.05) is 22.7 Å². The van der Waals surface area contributed by atoms with Crippen molar-refractivity contribution in [2.75, 3.05) is 5.32 Å². The molecule has 2 aromatic rings. The SMILES string of the molecule is O=C1Nc2cc(Cn3c(Cl)n[nH]c3=O)c(F)cc2[C@@](C#CC2CC2)(C(F)(F)F)N1. The highest BCUT2D eigenvalue weighted by Gasteiger charge is 2.59. The highest BCUT2D eigenvalue weighted by atomic mass is 35.5. The molecule has 3 N–H and O–H groups in total. The number of carbonyl (C=O) groups is 1. The molecule has 7 nitrogen and oxygen atoms in total. The fourth-order valence-electron chi connectivity index (χ4n) is 2.98. The summed E-state index contributed by atoms with van der Waals surface area (Å²) >= 11 is 5.75. The van der Waals surface area contributed by atoms with Crippen molar-refractivity contribution in [1.29, 1.82) is 0 Å². The number of rotatable bonds is 2.